The lowest BCUT2D eigenvalue weighted by Gasteiger charge is -2.28. The van der Waals surface area contributed by atoms with E-state index in [1.165, 1.54) is 32.1 Å². The van der Waals surface area contributed by atoms with E-state index in [0.717, 1.165) is 83.5 Å². The number of carbonyl (C=O) groups excluding carboxylic acids is 2. The third kappa shape index (κ3) is 41.1. The van der Waals surface area contributed by atoms with Gasteiger partial charge < -0.3 is 27.9 Å². The van der Waals surface area contributed by atoms with Crippen LogP contribution in [-0.2, 0) is 32.7 Å². The van der Waals surface area contributed by atoms with Gasteiger partial charge in [-0.25, -0.2) is 0 Å². The molecule has 0 N–H and O–H groups in total. The van der Waals surface area contributed by atoms with E-state index >= 15 is 0 Å². The number of likely N-dealkylation sites (N-methyl/N-ethyl adjacent to an activating group) is 1. The molecule has 0 aromatic carbocycles. The molecule has 0 saturated carbocycles. The molecule has 0 aromatic heterocycles. The summed E-state index contributed by atoms with van der Waals surface area (Å²) < 4.78 is 33.8. The van der Waals surface area contributed by atoms with Crippen LogP contribution in [0.25, 0.3) is 0 Å². The molecular formula is C46H80NO8P. The van der Waals surface area contributed by atoms with E-state index in [-0.39, 0.29) is 26.1 Å². The van der Waals surface area contributed by atoms with E-state index in [4.69, 9.17) is 18.5 Å². The topological polar surface area (TPSA) is 111 Å². The highest BCUT2D eigenvalue weighted by molar-refractivity contribution is 7.45. The molecule has 0 heterocycles. The fourth-order valence-electron chi connectivity index (χ4n) is 5.32. The maximum Gasteiger partial charge on any atom is 0.306 e. The summed E-state index contributed by atoms with van der Waals surface area (Å²) >= 11 is 0. The Balaban J connectivity index is 4.46. The Bertz CT molecular complexity index is 1180. The van der Waals surface area contributed by atoms with Crippen molar-refractivity contribution < 1.29 is 42.1 Å². The number of hydrogen-bond acceptors (Lipinski definition) is 8. The van der Waals surface area contributed by atoms with Gasteiger partial charge in [-0.15, -0.1) is 0 Å². The monoisotopic (exact) mass is 806 g/mol. The van der Waals surface area contributed by atoms with E-state index in [1.807, 2.05) is 21.1 Å². The lowest BCUT2D eigenvalue weighted by atomic mass is 10.1. The summed E-state index contributed by atoms with van der Waals surface area (Å²) in [5.74, 6) is -0.890. The van der Waals surface area contributed by atoms with E-state index < -0.39 is 32.5 Å². The molecule has 0 aromatic rings. The number of carbonyl (C=O) groups is 2. The Morgan fingerprint density at radius 3 is 1.55 bits per heavy atom. The molecule has 0 aliphatic rings. The zero-order valence-corrected chi connectivity index (χ0v) is 36.9. The fourth-order valence-corrected chi connectivity index (χ4v) is 6.05. The minimum absolute atomic E-state index is 0.0425. The zero-order chi connectivity index (χ0) is 41.4. The molecule has 1 unspecified atom stereocenters. The number of esters is 2. The van der Waals surface area contributed by atoms with E-state index in [9.17, 15) is 19.0 Å². The maximum atomic E-state index is 12.7. The number of allylic oxidation sites excluding steroid dienone is 12. The van der Waals surface area contributed by atoms with Crippen molar-refractivity contribution in [2.24, 2.45) is 0 Å². The van der Waals surface area contributed by atoms with Crippen molar-refractivity contribution in [2.75, 3.05) is 47.5 Å². The highest BCUT2D eigenvalue weighted by Gasteiger charge is 2.21. The molecule has 0 rings (SSSR count). The van der Waals surface area contributed by atoms with E-state index in [2.05, 4.69) is 86.8 Å². The first-order valence-corrected chi connectivity index (χ1v) is 23.1. The molecule has 9 nitrogen and oxygen atoms in total. The second-order valence-electron chi connectivity index (χ2n) is 15.3. The molecule has 322 valence electrons. The number of rotatable bonds is 38. The second-order valence-corrected chi connectivity index (χ2v) is 16.7. The molecule has 0 radical (unpaired) electrons. The molecule has 0 aliphatic heterocycles. The van der Waals surface area contributed by atoms with Crippen LogP contribution in [0.5, 0.6) is 0 Å². The first-order chi connectivity index (χ1) is 27.0. The summed E-state index contributed by atoms with van der Waals surface area (Å²) in [7, 11) is 1.12. The quantitative estimate of drug-likeness (QED) is 0.0199. The second kappa shape index (κ2) is 38.0. The summed E-state index contributed by atoms with van der Waals surface area (Å²) in [6.07, 6.45) is 46.4. The normalized spacial score (nSPS) is 14.3. The fraction of sp³-hybridized carbons (Fsp3) is 0.696. The van der Waals surface area contributed by atoms with Crippen LogP contribution < -0.4 is 4.89 Å². The number of ether oxygens (including phenoxy) is 2. The van der Waals surface area contributed by atoms with Gasteiger partial charge in [-0.1, -0.05) is 132 Å². The van der Waals surface area contributed by atoms with Crippen LogP contribution in [-0.4, -0.2) is 70.0 Å². The first-order valence-electron chi connectivity index (χ1n) is 21.6. The summed E-state index contributed by atoms with van der Waals surface area (Å²) in [4.78, 5) is 37.5. The number of phosphoric acid groups is 1. The molecule has 0 bridgehead atoms. The summed E-state index contributed by atoms with van der Waals surface area (Å²) in [6.45, 7) is 4.02. The van der Waals surface area contributed by atoms with Crippen LogP contribution in [0, 0.1) is 0 Å². The number of quaternary nitrogens is 1. The minimum Gasteiger partial charge on any atom is -0.756 e. The summed E-state index contributed by atoms with van der Waals surface area (Å²) in [5.41, 5.74) is 0. The van der Waals surface area contributed by atoms with Gasteiger partial charge in [0.2, 0.25) is 0 Å². The van der Waals surface area contributed by atoms with E-state index in [0.29, 0.717) is 23.9 Å². The van der Waals surface area contributed by atoms with Crippen LogP contribution in [0.2, 0.25) is 0 Å². The molecule has 56 heavy (non-hydrogen) atoms. The number of hydrogen-bond donors (Lipinski definition) is 0. The van der Waals surface area contributed by atoms with Gasteiger partial charge >= 0.3 is 11.9 Å². The number of nitrogens with zero attached hydrogens (tertiary/aromatic N) is 1. The number of unbranched alkanes of at least 4 members (excludes halogenated alkanes) is 12. The van der Waals surface area contributed by atoms with Gasteiger partial charge in [0.15, 0.2) is 6.10 Å². The summed E-state index contributed by atoms with van der Waals surface area (Å²) in [5, 5.41) is 0. The van der Waals surface area contributed by atoms with Crippen molar-refractivity contribution in [3.8, 4) is 0 Å². The average Bonchev–Trinajstić information content (AvgIpc) is 3.15. The zero-order valence-electron chi connectivity index (χ0n) is 36.1. The van der Waals surface area contributed by atoms with Crippen LogP contribution >= 0.6 is 7.82 Å². The third-order valence-corrected chi connectivity index (χ3v) is 9.67. The average molecular weight is 806 g/mol. The molecule has 0 aliphatic carbocycles. The van der Waals surface area contributed by atoms with Crippen LogP contribution in [0.15, 0.2) is 72.9 Å². The Labute approximate surface area is 342 Å². The lowest BCUT2D eigenvalue weighted by Crippen LogP contribution is -2.37. The molecule has 0 fully saturated rings. The largest absolute Gasteiger partial charge is 0.756 e. The lowest BCUT2D eigenvalue weighted by molar-refractivity contribution is -0.870. The van der Waals surface area contributed by atoms with Crippen molar-refractivity contribution in [3.63, 3.8) is 0 Å². The van der Waals surface area contributed by atoms with Crippen molar-refractivity contribution >= 4 is 19.8 Å². The van der Waals surface area contributed by atoms with Gasteiger partial charge in [0.1, 0.15) is 19.8 Å². The van der Waals surface area contributed by atoms with Gasteiger partial charge in [0, 0.05) is 12.8 Å². The molecule has 10 heteroatoms. The van der Waals surface area contributed by atoms with Gasteiger partial charge in [-0.05, 0) is 83.5 Å². The first kappa shape index (κ1) is 53.5. The van der Waals surface area contributed by atoms with Crippen LogP contribution in [0.3, 0.4) is 0 Å². The SMILES string of the molecule is CC/C=C/C/C=C/C/C=C/C/C=C/C/C=C/CCCCCC(=O)O[C@H](COC(=O)CCCCCCC/C=C/CCCCCC)COP(=O)([O-])OCC[N+](C)(C)C. The van der Waals surface area contributed by atoms with Gasteiger partial charge in [-0.3, -0.25) is 14.2 Å². The van der Waals surface area contributed by atoms with Gasteiger partial charge in [0.25, 0.3) is 7.82 Å². The Morgan fingerprint density at radius 2 is 1.02 bits per heavy atom. The van der Waals surface area contributed by atoms with Gasteiger partial charge in [-0.2, -0.15) is 0 Å². The van der Waals surface area contributed by atoms with E-state index in [1.54, 1.807) is 0 Å². The number of phosphoric ester groups is 1. The predicted molar refractivity (Wildman–Crippen MR) is 231 cm³/mol. The molecule has 0 saturated heterocycles. The minimum atomic E-state index is -4.64. The molecule has 2 atom stereocenters. The molecular weight excluding hydrogens is 725 g/mol. The highest BCUT2D eigenvalue weighted by Crippen LogP contribution is 2.38. The summed E-state index contributed by atoms with van der Waals surface area (Å²) in [6, 6.07) is 0. The Kier molecular flexibility index (Phi) is 36.3. The third-order valence-electron chi connectivity index (χ3n) is 8.71. The van der Waals surface area contributed by atoms with Crippen molar-refractivity contribution in [3.05, 3.63) is 72.9 Å². The van der Waals surface area contributed by atoms with Crippen molar-refractivity contribution in [1.82, 2.24) is 0 Å². The molecule has 0 amide bonds. The van der Waals surface area contributed by atoms with Crippen molar-refractivity contribution in [1.29, 1.82) is 0 Å². The molecule has 0 spiro atoms. The Hall–Kier alpha value is -2.55. The van der Waals surface area contributed by atoms with Crippen LogP contribution in [0.1, 0.15) is 155 Å². The van der Waals surface area contributed by atoms with Crippen molar-refractivity contribution in [2.45, 2.75) is 161 Å². The Morgan fingerprint density at radius 1 is 0.571 bits per heavy atom. The highest BCUT2D eigenvalue weighted by atomic mass is 31.2. The standard InChI is InChI=1S/C46H80NO8P/c1-6-8-10-12-14-16-18-20-21-22-23-24-25-27-29-31-33-35-37-39-46(49)55-44(43-54-56(50,51)53-41-40-47(3,4)5)42-52-45(48)38-36-34-32-30-28-26-19-17-15-13-11-9-7-2/h8,10,14,16-17,19-21,23-24,27,29,44H,6-7,9,11-13,15,18,22,25-26,28,30-43H2,1-5H3/b10-8+,16-14+,19-17+,21-20+,24-23+,29-27+/t44-/m1/s1. The maximum absolute atomic E-state index is 12.7. The predicted octanol–water partition coefficient (Wildman–Crippen LogP) is 11.6. The smallest absolute Gasteiger partial charge is 0.306 e. The van der Waals surface area contributed by atoms with Crippen LogP contribution in [0.4, 0.5) is 0 Å². The van der Waals surface area contributed by atoms with Gasteiger partial charge in [0.05, 0.1) is 27.7 Å².